The first kappa shape index (κ1) is 20.3. The molecule has 7 heteroatoms. The van der Waals surface area contributed by atoms with Crippen LogP contribution in [0.15, 0.2) is 42.5 Å². The van der Waals surface area contributed by atoms with Crippen molar-refractivity contribution in [1.82, 2.24) is 14.9 Å². The molecule has 3 aromatic rings. The Balaban J connectivity index is 1.24. The molecule has 5 nitrogen and oxygen atoms in total. The number of Topliss-reactive ketones (excluding diaryl/α,β-unsaturated/α-hetero) is 2. The minimum Gasteiger partial charge on any atom is -0.335 e. The summed E-state index contributed by atoms with van der Waals surface area (Å²) < 4.78 is 26.3. The van der Waals surface area contributed by atoms with Crippen molar-refractivity contribution in [1.29, 1.82) is 0 Å². The quantitative estimate of drug-likeness (QED) is 0.586. The normalized spacial score (nSPS) is 15.5. The summed E-state index contributed by atoms with van der Waals surface area (Å²) in [6.07, 6.45) is 2.61. The monoisotopic (exact) mass is 411 g/mol. The lowest BCUT2D eigenvalue weighted by atomic mass is 9.92. The highest BCUT2D eigenvalue weighted by Gasteiger charge is 2.27. The first-order valence-electron chi connectivity index (χ1n) is 10.2. The average Bonchev–Trinajstić information content (AvgIpc) is 3.17. The van der Waals surface area contributed by atoms with Crippen LogP contribution in [0.25, 0.3) is 11.0 Å². The van der Waals surface area contributed by atoms with Gasteiger partial charge in [0.15, 0.2) is 11.6 Å². The summed E-state index contributed by atoms with van der Waals surface area (Å²) in [5.41, 5.74) is 1.65. The lowest BCUT2D eigenvalue weighted by Crippen LogP contribution is -2.37. The van der Waals surface area contributed by atoms with Crippen molar-refractivity contribution in [3.8, 4) is 0 Å². The average molecular weight is 411 g/mol. The van der Waals surface area contributed by atoms with Gasteiger partial charge in [0.05, 0.1) is 11.0 Å². The number of hydrogen-bond acceptors (Lipinski definition) is 4. The molecule has 0 radical (unpaired) electrons. The molecule has 2 aromatic carbocycles. The van der Waals surface area contributed by atoms with E-state index in [2.05, 4.69) is 14.9 Å². The molecule has 30 heavy (non-hydrogen) atoms. The topological polar surface area (TPSA) is 66.1 Å². The van der Waals surface area contributed by atoms with Crippen LogP contribution in [0.2, 0.25) is 0 Å². The highest BCUT2D eigenvalue weighted by molar-refractivity contribution is 5.97. The van der Waals surface area contributed by atoms with E-state index in [4.69, 9.17) is 0 Å². The summed E-state index contributed by atoms with van der Waals surface area (Å²) in [6.45, 7) is 2.36. The van der Waals surface area contributed by atoms with Gasteiger partial charge in [-0.25, -0.2) is 13.8 Å². The third-order valence-corrected chi connectivity index (χ3v) is 5.68. The third-order valence-electron chi connectivity index (χ3n) is 5.68. The molecule has 1 aliphatic rings. The van der Waals surface area contributed by atoms with Gasteiger partial charge in [-0.3, -0.25) is 9.59 Å². The molecule has 0 spiro atoms. The largest absolute Gasteiger partial charge is 0.335 e. The Morgan fingerprint density at radius 2 is 1.73 bits per heavy atom. The van der Waals surface area contributed by atoms with Crippen molar-refractivity contribution in [3.05, 3.63) is 65.5 Å². The standard InChI is InChI=1S/C23H23F2N3O2/c24-17-5-3-15(4-6-17)21(29)2-1-11-28-12-9-16(10-13-28)22(30)23-26-19-8-7-18(25)14-20(19)27-23/h3-8,14,16H,1-2,9-13H2,(H,26,27). The van der Waals surface area contributed by atoms with Crippen LogP contribution < -0.4 is 0 Å². The molecule has 1 saturated heterocycles. The van der Waals surface area contributed by atoms with Gasteiger partial charge in [-0.15, -0.1) is 0 Å². The van der Waals surface area contributed by atoms with Gasteiger partial charge in [0.2, 0.25) is 5.78 Å². The zero-order chi connectivity index (χ0) is 21.1. The van der Waals surface area contributed by atoms with Crippen molar-refractivity contribution in [2.75, 3.05) is 19.6 Å². The van der Waals surface area contributed by atoms with Crippen LogP contribution in [0.3, 0.4) is 0 Å². The van der Waals surface area contributed by atoms with Crippen LogP contribution in [-0.2, 0) is 0 Å². The first-order chi connectivity index (χ1) is 14.5. The van der Waals surface area contributed by atoms with E-state index in [1.807, 2.05) is 0 Å². The fourth-order valence-electron chi connectivity index (χ4n) is 3.95. The minimum atomic E-state index is -0.364. The molecule has 1 aromatic heterocycles. The number of nitrogens with zero attached hydrogens (tertiary/aromatic N) is 2. The summed E-state index contributed by atoms with van der Waals surface area (Å²) in [5, 5.41) is 0. The van der Waals surface area contributed by atoms with E-state index in [1.165, 1.54) is 36.4 Å². The highest BCUT2D eigenvalue weighted by atomic mass is 19.1. The van der Waals surface area contributed by atoms with E-state index < -0.39 is 0 Å². The lowest BCUT2D eigenvalue weighted by molar-refractivity contribution is 0.0828. The summed E-state index contributed by atoms with van der Waals surface area (Å²) in [4.78, 5) is 34.4. The number of likely N-dealkylation sites (tertiary alicyclic amines) is 1. The fraction of sp³-hybridized carbons (Fsp3) is 0.348. The second-order valence-electron chi connectivity index (χ2n) is 7.76. The number of hydrogen-bond donors (Lipinski definition) is 1. The molecule has 2 heterocycles. The molecule has 0 saturated carbocycles. The number of carbonyl (C=O) groups excluding carboxylic acids is 2. The predicted octanol–water partition coefficient (Wildman–Crippen LogP) is 4.40. The zero-order valence-electron chi connectivity index (χ0n) is 16.5. The van der Waals surface area contributed by atoms with Crippen LogP contribution in [-0.4, -0.2) is 46.1 Å². The second-order valence-corrected chi connectivity index (χ2v) is 7.76. The SMILES string of the molecule is O=C(CCCN1CCC(C(=O)c2nc3ccc(F)cc3[nH]2)CC1)c1ccc(F)cc1. The molecule has 156 valence electrons. The summed E-state index contributed by atoms with van der Waals surface area (Å²) >= 11 is 0. The van der Waals surface area contributed by atoms with Crippen molar-refractivity contribution >= 4 is 22.6 Å². The molecule has 0 amide bonds. The molecule has 1 fully saturated rings. The lowest BCUT2D eigenvalue weighted by Gasteiger charge is -2.30. The van der Waals surface area contributed by atoms with Gasteiger partial charge in [0.25, 0.3) is 0 Å². The molecular formula is C23H23F2N3O2. The van der Waals surface area contributed by atoms with Crippen LogP contribution in [0.4, 0.5) is 8.78 Å². The maximum absolute atomic E-state index is 13.3. The predicted molar refractivity (Wildman–Crippen MR) is 110 cm³/mol. The number of aromatic amines is 1. The number of carbonyl (C=O) groups is 2. The summed E-state index contributed by atoms with van der Waals surface area (Å²) in [6, 6.07) is 9.86. The Morgan fingerprint density at radius 3 is 2.47 bits per heavy atom. The summed E-state index contributed by atoms with van der Waals surface area (Å²) in [7, 11) is 0. The van der Waals surface area contributed by atoms with Gasteiger partial charge in [-0.1, -0.05) is 0 Å². The van der Waals surface area contributed by atoms with Crippen molar-refractivity contribution in [2.45, 2.75) is 25.7 Å². The number of halogens is 2. The number of benzene rings is 2. The van der Waals surface area contributed by atoms with E-state index in [1.54, 1.807) is 6.07 Å². The molecule has 1 aliphatic heterocycles. The number of fused-ring (bicyclic) bond motifs is 1. The maximum atomic E-state index is 13.3. The van der Waals surface area contributed by atoms with E-state index >= 15 is 0 Å². The number of piperidine rings is 1. The van der Waals surface area contributed by atoms with Crippen LogP contribution in [0, 0.1) is 17.6 Å². The second kappa shape index (κ2) is 8.83. The first-order valence-corrected chi connectivity index (χ1v) is 10.2. The van der Waals surface area contributed by atoms with E-state index in [0.29, 0.717) is 28.8 Å². The van der Waals surface area contributed by atoms with Gasteiger partial charge in [-0.05, 0) is 81.4 Å². The van der Waals surface area contributed by atoms with Gasteiger partial charge < -0.3 is 9.88 Å². The van der Waals surface area contributed by atoms with Crippen molar-refractivity contribution in [2.24, 2.45) is 5.92 Å². The Labute approximate surface area is 173 Å². The van der Waals surface area contributed by atoms with Gasteiger partial charge >= 0.3 is 0 Å². The molecule has 0 atom stereocenters. The molecule has 1 N–H and O–H groups in total. The van der Waals surface area contributed by atoms with Gasteiger partial charge in [0, 0.05) is 17.9 Å². The Morgan fingerprint density at radius 1 is 1.03 bits per heavy atom. The van der Waals surface area contributed by atoms with Crippen molar-refractivity contribution in [3.63, 3.8) is 0 Å². The van der Waals surface area contributed by atoms with Crippen LogP contribution in [0.1, 0.15) is 46.7 Å². The highest BCUT2D eigenvalue weighted by Crippen LogP contribution is 2.23. The number of rotatable bonds is 7. The van der Waals surface area contributed by atoms with E-state index in [9.17, 15) is 18.4 Å². The molecule has 4 rings (SSSR count). The smallest absolute Gasteiger partial charge is 0.201 e. The van der Waals surface area contributed by atoms with Gasteiger partial charge in [0.1, 0.15) is 11.6 Å². The minimum absolute atomic E-state index is 0.0152. The molecule has 0 unspecified atom stereocenters. The molecule has 0 aliphatic carbocycles. The summed E-state index contributed by atoms with van der Waals surface area (Å²) in [5.74, 6) is -0.541. The number of imidazole rings is 1. The van der Waals surface area contributed by atoms with Gasteiger partial charge in [-0.2, -0.15) is 0 Å². The Bertz CT molecular complexity index is 1050. The Kier molecular flexibility index (Phi) is 5.99. The zero-order valence-corrected chi connectivity index (χ0v) is 16.5. The van der Waals surface area contributed by atoms with Crippen molar-refractivity contribution < 1.29 is 18.4 Å². The van der Waals surface area contributed by atoms with E-state index in [0.717, 1.165) is 38.9 Å². The maximum Gasteiger partial charge on any atom is 0.201 e. The number of ketones is 2. The fourth-order valence-corrected chi connectivity index (χ4v) is 3.95. The number of H-pyrrole nitrogens is 1. The number of aromatic nitrogens is 2. The third kappa shape index (κ3) is 4.62. The van der Waals surface area contributed by atoms with Crippen LogP contribution >= 0.6 is 0 Å². The number of nitrogens with one attached hydrogen (secondary N) is 1. The Hall–Kier alpha value is -2.93. The van der Waals surface area contributed by atoms with E-state index in [-0.39, 0.29) is 29.1 Å². The molecular weight excluding hydrogens is 388 g/mol. The molecule has 0 bridgehead atoms. The van der Waals surface area contributed by atoms with Crippen LogP contribution in [0.5, 0.6) is 0 Å².